The first-order valence-corrected chi connectivity index (χ1v) is 11.2. The molecule has 0 bridgehead atoms. The van der Waals surface area contributed by atoms with E-state index in [1.807, 2.05) is 17.0 Å². The summed E-state index contributed by atoms with van der Waals surface area (Å²) in [5, 5.41) is 9.71. The lowest BCUT2D eigenvalue weighted by Crippen LogP contribution is -2.47. The van der Waals surface area contributed by atoms with Crippen molar-refractivity contribution in [3.05, 3.63) is 56.2 Å². The van der Waals surface area contributed by atoms with Gasteiger partial charge in [0.05, 0.1) is 18.2 Å². The fraction of sp³-hybridized carbons (Fsp3) is 0.522. The Kier molecular flexibility index (Phi) is 6.35. The molecule has 4 N–H and O–H groups in total. The highest BCUT2D eigenvalue weighted by atomic mass is 16.2. The zero-order chi connectivity index (χ0) is 22.8. The van der Waals surface area contributed by atoms with E-state index in [1.54, 1.807) is 10.6 Å². The van der Waals surface area contributed by atoms with Crippen LogP contribution >= 0.6 is 0 Å². The highest BCUT2D eigenvalue weighted by Gasteiger charge is 2.23. The van der Waals surface area contributed by atoms with Crippen LogP contribution in [0.4, 0.5) is 11.5 Å². The van der Waals surface area contributed by atoms with E-state index in [2.05, 4.69) is 11.0 Å². The van der Waals surface area contributed by atoms with Crippen LogP contribution in [0.1, 0.15) is 36.8 Å². The van der Waals surface area contributed by atoms with Gasteiger partial charge in [-0.2, -0.15) is 5.26 Å². The summed E-state index contributed by atoms with van der Waals surface area (Å²) < 4.78 is 2.69. The molecule has 0 radical (unpaired) electrons. The minimum Gasteiger partial charge on any atom is -0.370 e. The number of aromatic nitrogens is 2. The van der Waals surface area contributed by atoms with E-state index in [1.165, 1.54) is 13.1 Å². The van der Waals surface area contributed by atoms with Crippen LogP contribution in [0, 0.1) is 11.3 Å². The van der Waals surface area contributed by atoms with Crippen LogP contribution in [0.2, 0.25) is 0 Å². The first-order chi connectivity index (χ1) is 15.4. The molecule has 0 amide bonds. The SMILES string of the molecule is Cn1c(=O)cc(N2CCC[C@@H](N)C2)n(Cc2cc(N3CCCC(N)C3)ccc2C#N)c1=O. The average molecular weight is 438 g/mol. The van der Waals surface area contributed by atoms with E-state index < -0.39 is 5.69 Å². The number of rotatable bonds is 4. The summed E-state index contributed by atoms with van der Waals surface area (Å²) in [6.07, 6.45) is 3.85. The maximum Gasteiger partial charge on any atom is 0.332 e. The van der Waals surface area contributed by atoms with Gasteiger partial charge in [0.25, 0.3) is 5.56 Å². The number of nitrogens with two attached hydrogens (primary N) is 2. The third kappa shape index (κ3) is 4.42. The maximum absolute atomic E-state index is 13.1. The number of benzene rings is 1. The molecule has 4 rings (SSSR count). The third-order valence-electron chi connectivity index (χ3n) is 6.52. The minimum absolute atomic E-state index is 0.00216. The molecule has 1 aromatic heterocycles. The van der Waals surface area contributed by atoms with Crippen LogP contribution < -0.4 is 32.5 Å². The summed E-state index contributed by atoms with van der Waals surface area (Å²) in [7, 11) is 1.48. The standard InChI is InChI=1S/C23H31N7O2/c1-27-22(31)11-21(29-9-3-5-19(26)15-29)30(23(27)32)13-17-10-20(7-6-16(17)12-24)28-8-2-4-18(25)14-28/h6-7,10-11,18-19H,2-5,8-9,13-15,25-26H2,1H3/t18?,19-/m1/s1. The van der Waals surface area contributed by atoms with E-state index in [-0.39, 0.29) is 24.2 Å². The zero-order valence-corrected chi connectivity index (χ0v) is 18.5. The normalized spacial score (nSPS) is 21.4. The fourth-order valence-electron chi connectivity index (χ4n) is 4.72. The first kappa shape index (κ1) is 22.1. The van der Waals surface area contributed by atoms with E-state index in [0.717, 1.165) is 61.1 Å². The lowest BCUT2D eigenvalue weighted by atomic mass is 10.0. The molecule has 2 atom stereocenters. The summed E-state index contributed by atoms with van der Waals surface area (Å²) in [6.45, 7) is 3.20. The van der Waals surface area contributed by atoms with Crippen molar-refractivity contribution in [3.8, 4) is 6.07 Å². The predicted molar refractivity (Wildman–Crippen MR) is 125 cm³/mol. The van der Waals surface area contributed by atoms with Crippen LogP contribution in [-0.2, 0) is 13.6 Å². The quantitative estimate of drug-likeness (QED) is 0.705. The molecule has 170 valence electrons. The summed E-state index contributed by atoms with van der Waals surface area (Å²) in [4.78, 5) is 29.8. The van der Waals surface area contributed by atoms with Crippen molar-refractivity contribution in [1.29, 1.82) is 5.26 Å². The minimum atomic E-state index is -0.402. The number of piperidine rings is 2. The van der Waals surface area contributed by atoms with Crippen molar-refractivity contribution >= 4 is 11.5 Å². The molecule has 9 nitrogen and oxygen atoms in total. The molecule has 1 aromatic carbocycles. The Bertz CT molecular complexity index is 1150. The second-order valence-corrected chi connectivity index (χ2v) is 8.92. The summed E-state index contributed by atoms with van der Waals surface area (Å²) in [6, 6.07) is 9.58. The van der Waals surface area contributed by atoms with Gasteiger partial charge in [0, 0.05) is 57.1 Å². The molecular formula is C23H31N7O2. The monoisotopic (exact) mass is 437 g/mol. The molecule has 0 aliphatic carbocycles. The topological polar surface area (TPSA) is 126 Å². The number of anilines is 2. The molecule has 2 aromatic rings. The Balaban J connectivity index is 1.75. The van der Waals surface area contributed by atoms with E-state index in [4.69, 9.17) is 11.5 Å². The second-order valence-electron chi connectivity index (χ2n) is 8.92. The molecule has 9 heteroatoms. The number of nitrogens with zero attached hydrogens (tertiary/aromatic N) is 5. The van der Waals surface area contributed by atoms with Crippen molar-refractivity contribution < 1.29 is 0 Å². The Hall–Kier alpha value is -3.09. The molecule has 2 saturated heterocycles. The van der Waals surface area contributed by atoms with Gasteiger partial charge >= 0.3 is 5.69 Å². The van der Waals surface area contributed by atoms with Crippen LogP contribution in [0.3, 0.4) is 0 Å². The smallest absolute Gasteiger partial charge is 0.332 e. The molecule has 2 fully saturated rings. The van der Waals surface area contributed by atoms with Gasteiger partial charge in [0.2, 0.25) is 0 Å². The number of nitriles is 1. The van der Waals surface area contributed by atoms with Crippen LogP contribution in [-0.4, -0.2) is 47.4 Å². The van der Waals surface area contributed by atoms with Gasteiger partial charge in [-0.3, -0.25) is 13.9 Å². The Labute approximate surface area is 187 Å². The van der Waals surface area contributed by atoms with E-state index in [0.29, 0.717) is 17.9 Å². The van der Waals surface area contributed by atoms with Crippen molar-refractivity contribution in [1.82, 2.24) is 9.13 Å². The Morgan fingerprint density at radius 1 is 1.03 bits per heavy atom. The summed E-state index contributed by atoms with van der Waals surface area (Å²) in [5.74, 6) is 0.558. The van der Waals surface area contributed by atoms with Crippen molar-refractivity contribution in [3.63, 3.8) is 0 Å². The molecule has 3 heterocycles. The zero-order valence-electron chi connectivity index (χ0n) is 18.5. The van der Waals surface area contributed by atoms with Crippen LogP contribution in [0.15, 0.2) is 33.9 Å². The largest absolute Gasteiger partial charge is 0.370 e. The van der Waals surface area contributed by atoms with Gasteiger partial charge in [-0.15, -0.1) is 0 Å². The van der Waals surface area contributed by atoms with Crippen molar-refractivity contribution in [2.24, 2.45) is 18.5 Å². The molecular weight excluding hydrogens is 406 g/mol. The van der Waals surface area contributed by atoms with Crippen LogP contribution in [0.5, 0.6) is 0 Å². The molecule has 1 unspecified atom stereocenters. The van der Waals surface area contributed by atoms with Gasteiger partial charge in [0.1, 0.15) is 5.82 Å². The molecule has 2 aliphatic rings. The second kappa shape index (κ2) is 9.18. The van der Waals surface area contributed by atoms with Gasteiger partial charge < -0.3 is 21.3 Å². The van der Waals surface area contributed by atoms with Gasteiger partial charge in [-0.05, 0) is 49.4 Å². The van der Waals surface area contributed by atoms with Crippen molar-refractivity contribution in [2.45, 2.75) is 44.3 Å². The highest BCUT2D eigenvalue weighted by molar-refractivity contribution is 5.55. The molecule has 0 spiro atoms. The third-order valence-corrected chi connectivity index (χ3v) is 6.52. The van der Waals surface area contributed by atoms with Gasteiger partial charge in [0.15, 0.2) is 0 Å². The van der Waals surface area contributed by atoms with Crippen molar-refractivity contribution in [2.75, 3.05) is 36.0 Å². The average Bonchev–Trinajstić information content (AvgIpc) is 2.79. The first-order valence-electron chi connectivity index (χ1n) is 11.2. The van der Waals surface area contributed by atoms with Gasteiger partial charge in [-0.25, -0.2) is 4.79 Å². The fourth-order valence-corrected chi connectivity index (χ4v) is 4.72. The summed E-state index contributed by atoms with van der Waals surface area (Å²) >= 11 is 0. The number of hydrogen-bond donors (Lipinski definition) is 2. The highest BCUT2D eigenvalue weighted by Crippen LogP contribution is 2.25. The maximum atomic E-state index is 13.1. The number of hydrogen-bond acceptors (Lipinski definition) is 7. The molecule has 32 heavy (non-hydrogen) atoms. The Morgan fingerprint density at radius 3 is 2.34 bits per heavy atom. The van der Waals surface area contributed by atoms with E-state index in [9.17, 15) is 14.9 Å². The van der Waals surface area contributed by atoms with Crippen LogP contribution in [0.25, 0.3) is 0 Å². The predicted octanol–water partition coefficient (Wildman–Crippen LogP) is 0.322. The van der Waals surface area contributed by atoms with E-state index >= 15 is 0 Å². The lowest BCUT2D eigenvalue weighted by molar-refractivity contribution is 0.491. The van der Waals surface area contributed by atoms with Gasteiger partial charge in [-0.1, -0.05) is 0 Å². The molecule has 0 saturated carbocycles. The lowest BCUT2D eigenvalue weighted by Gasteiger charge is -2.34. The Morgan fingerprint density at radius 2 is 1.69 bits per heavy atom. The molecule has 2 aliphatic heterocycles. The summed E-state index contributed by atoms with van der Waals surface area (Å²) in [5.41, 5.74) is 13.8.